The minimum Gasteiger partial charge on any atom is -0.358 e. The molecule has 3 aromatic rings. The van der Waals surface area contributed by atoms with Crippen molar-refractivity contribution >= 4 is 34.3 Å². The van der Waals surface area contributed by atoms with Gasteiger partial charge < -0.3 is 20.5 Å². The van der Waals surface area contributed by atoms with Gasteiger partial charge in [0.2, 0.25) is 0 Å². The maximum Gasteiger partial charge on any atom is 0.416 e. The molecule has 1 atom stereocenters. The lowest BCUT2D eigenvalue weighted by molar-refractivity contribution is -0.146. The van der Waals surface area contributed by atoms with E-state index in [4.69, 9.17) is 0 Å². The van der Waals surface area contributed by atoms with Crippen molar-refractivity contribution in [3.05, 3.63) is 48.2 Å². The Balaban J connectivity index is 1.39. The van der Waals surface area contributed by atoms with E-state index in [1.807, 2.05) is 4.90 Å². The van der Waals surface area contributed by atoms with Crippen LogP contribution in [-0.4, -0.2) is 59.3 Å². The summed E-state index contributed by atoms with van der Waals surface area (Å²) in [6.07, 6.45) is -7.99. The highest BCUT2D eigenvalue weighted by Crippen LogP contribution is 2.30. The van der Waals surface area contributed by atoms with E-state index in [1.165, 1.54) is 0 Å². The Kier molecular flexibility index (Phi) is 7.03. The molecule has 1 aliphatic rings. The van der Waals surface area contributed by atoms with E-state index >= 15 is 0 Å². The first-order valence-electron chi connectivity index (χ1n) is 11.2. The van der Waals surface area contributed by atoms with Crippen molar-refractivity contribution in [3.8, 4) is 0 Å². The van der Waals surface area contributed by atoms with Gasteiger partial charge in [-0.3, -0.25) is 4.90 Å². The average Bonchev–Trinajstić information content (AvgIpc) is 3.19. The molecule has 1 saturated heterocycles. The second-order valence-corrected chi connectivity index (χ2v) is 8.61. The minimum absolute atomic E-state index is 0.187. The quantitative estimate of drug-likeness (QED) is 0.383. The van der Waals surface area contributed by atoms with Crippen molar-refractivity contribution in [2.75, 3.05) is 41.7 Å². The molecule has 0 bridgehead atoms. The molecule has 0 saturated carbocycles. The van der Waals surface area contributed by atoms with Crippen molar-refractivity contribution in [1.82, 2.24) is 14.9 Å². The second kappa shape index (κ2) is 9.88. The summed E-state index contributed by atoms with van der Waals surface area (Å²) in [5, 5.41) is 5.11. The van der Waals surface area contributed by atoms with Crippen LogP contribution in [0.4, 0.5) is 48.3 Å². The van der Waals surface area contributed by atoms with Gasteiger partial charge in [-0.25, -0.2) is 9.78 Å². The molecule has 0 aliphatic carbocycles. The highest BCUT2D eigenvalue weighted by Gasteiger charge is 2.33. The number of amides is 2. The number of anilines is 3. The van der Waals surface area contributed by atoms with Crippen LogP contribution in [0, 0.1) is 0 Å². The lowest BCUT2D eigenvalue weighted by atomic mass is 10.1. The molecule has 0 spiro atoms. The Morgan fingerprint density at radius 2 is 1.67 bits per heavy atom. The van der Waals surface area contributed by atoms with Gasteiger partial charge >= 0.3 is 18.4 Å². The van der Waals surface area contributed by atoms with Crippen molar-refractivity contribution < 1.29 is 31.1 Å². The highest BCUT2D eigenvalue weighted by atomic mass is 19.4. The number of carbonyl (C=O) groups is 1. The van der Waals surface area contributed by atoms with E-state index in [0.29, 0.717) is 48.7 Å². The van der Waals surface area contributed by atoms with Crippen LogP contribution in [-0.2, 0) is 6.18 Å². The predicted octanol–water partition coefficient (Wildman–Crippen LogP) is 5.69. The molecule has 2 amide bonds. The summed E-state index contributed by atoms with van der Waals surface area (Å²) in [6.45, 7) is 3.50. The number of alkyl halides is 6. The molecule has 3 heterocycles. The number of hydrogen-bond donors (Lipinski definition) is 3. The zero-order chi connectivity index (χ0) is 26.1. The summed E-state index contributed by atoms with van der Waals surface area (Å²) >= 11 is 0. The first kappa shape index (κ1) is 25.6. The summed E-state index contributed by atoms with van der Waals surface area (Å²) in [6, 6.07) is 6.38. The molecule has 194 valence electrons. The first-order valence-corrected chi connectivity index (χ1v) is 11.2. The third kappa shape index (κ3) is 6.20. The van der Waals surface area contributed by atoms with Crippen LogP contribution < -0.4 is 15.5 Å². The largest absolute Gasteiger partial charge is 0.416 e. The van der Waals surface area contributed by atoms with Crippen molar-refractivity contribution in [2.24, 2.45) is 0 Å². The summed E-state index contributed by atoms with van der Waals surface area (Å²) in [5.74, 6) is 0.622. The minimum atomic E-state index is -4.47. The number of carbonyl (C=O) groups excluding carboxylic acids is 1. The zero-order valence-electron chi connectivity index (χ0n) is 19.2. The van der Waals surface area contributed by atoms with Crippen molar-refractivity contribution in [2.45, 2.75) is 31.7 Å². The topological polar surface area (TPSA) is 76.3 Å². The van der Waals surface area contributed by atoms with Gasteiger partial charge in [0.25, 0.3) is 0 Å². The molecule has 1 unspecified atom stereocenters. The number of urea groups is 1. The molecule has 4 rings (SSSR count). The Hall–Kier alpha value is -3.48. The second-order valence-electron chi connectivity index (χ2n) is 8.61. The molecule has 13 heteroatoms. The van der Waals surface area contributed by atoms with Crippen LogP contribution in [0.25, 0.3) is 11.0 Å². The van der Waals surface area contributed by atoms with E-state index in [0.717, 1.165) is 24.3 Å². The molecule has 1 aromatic carbocycles. The molecule has 2 aromatic heterocycles. The van der Waals surface area contributed by atoms with E-state index in [2.05, 4.69) is 20.6 Å². The van der Waals surface area contributed by atoms with E-state index in [-0.39, 0.29) is 5.69 Å². The van der Waals surface area contributed by atoms with Crippen molar-refractivity contribution in [3.63, 3.8) is 0 Å². The number of nitrogens with one attached hydrogen (secondary N) is 3. The number of fused-ring (bicyclic) bond motifs is 1. The van der Waals surface area contributed by atoms with Crippen LogP contribution >= 0.6 is 0 Å². The summed E-state index contributed by atoms with van der Waals surface area (Å²) < 4.78 is 76.2. The molecule has 7 nitrogen and oxygen atoms in total. The molecule has 36 heavy (non-hydrogen) atoms. The Bertz CT molecular complexity index is 1200. The number of H-pyrrole nitrogens is 1. The smallest absolute Gasteiger partial charge is 0.358 e. The van der Waals surface area contributed by atoms with E-state index < -0.39 is 36.4 Å². The monoisotopic (exact) mass is 514 g/mol. The summed E-state index contributed by atoms with van der Waals surface area (Å²) in [4.78, 5) is 23.8. The molecular weight excluding hydrogens is 490 g/mol. The van der Waals surface area contributed by atoms with Crippen LogP contribution in [0.15, 0.2) is 42.6 Å². The predicted molar refractivity (Wildman–Crippen MR) is 124 cm³/mol. The maximum absolute atomic E-state index is 12.7. The van der Waals surface area contributed by atoms with Crippen LogP contribution in [0.3, 0.4) is 0 Å². The van der Waals surface area contributed by atoms with Crippen LogP contribution in [0.2, 0.25) is 0 Å². The highest BCUT2D eigenvalue weighted by molar-refractivity contribution is 6.05. The molecule has 0 radical (unpaired) electrons. The Morgan fingerprint density at radius 3 is 2.28 bits per heavy atom. The first-order chi connectivity index (χ1) is 16.9. The van der Waals surface area contributed by atoms with Gasteiger partial charge in [-0.05, 0) is 43.3 Å². The number of aromatic amines is 1. The van der Waals surface area contributed by atoms with Gasteiger partial charge in [0.15, 0.2) is 0 Å². The number of aromatic nitrogens is 2. The number of pyridine rings is 1. The summed E-state index contributed by atoms with van der Waals surface area (Å²) in [5.41, 5.74) is 0.863. The Morgan fingerprint density at radius 1 is 1.00 bits per heavy atom. The normalized spacial score (nSPS) is 16.2. The summed E-state index contributed by atoms with van der Waals surface area (Å²) in [7, 11) is 0. The molecule has 1 aliphatic heterocycles. The fourth-order valence-corrected chi connectivity index (χ4v) is 4.14. The number of rotatable bonds is 5. The number of halogens is 6. The third-order valence-electron chi connectivity index (χ3n) is 6.01. The van der Waals surface area contributed by atoms with Gasteiger partial charge in [0, 0.05) is 44.1 Å². The average molecular weight is 514 g/mol. The molecular formula is C23H24F6N6O. The zero-order valence-corrected chi connectivity index (χ0v) is 19.2. The maximum atomic E-state index is 12.7. The number of piperazine rings is 1. The number of nitrogens with zero attached hydrogens (tertiary/aromatic N) is 3. The fraction of sp³-hybridized carbons (Fsp3) is 0.391. The lowest BCUT2D eigenvalue weighted by Gasteiger charge is -2.38. The fourth-order valence-electron chi connectivity index (χ4n) is 4.14. The molecule has 1 fully saturated rings. The van der Waals surface area contributed by atoms with E-state index in [9.17, 15) is 31.1 Å². The van der Waals surface area contributed by atoms with E-state index in [1.54, 1.807) is 30.2 Å². The number of benzene rings is 1. The lowest BCUT2D eigenvalue weighted by Crippen LogP contribution is -2.50. The number of hydrogen-bond acceptors (Lipinski definition) is 4. The Labute approximate surface area is 202 Å². The van der Waals surface area contributed by atoms with Gasteiger partial charge in [-0.2, -0.15) is 26.3 Å². The van der Waals surface area contributed by atoms with Crippen LogP contribution in [0.1, 0.15) is 18.9 Å². The van der Waals surface area contributed by atoms with Gasteiger partial charge in [-0.15, -0.1) is 0 Å². The van der Waals surface area contributed by atoms with Gasteiger partial charge in [0.1, 0.15) is 11.3 Å². The van der Waals surface area contributed by atoms with Gasteiger partial charge in [0.05, 0.1) is 23.2 Å². The van der Waals surface area contributed by atoms with Gasteiger partial charge in [-0.1, -0.05) is 0 Å². The SMILES string of the molecule is CC(CC(F)(F)F)N1CCN(c2ccc3[nH]cc(NC(=O)Nc4ccc(C(F)(F)F)cc4)c3n2)CC1. The standard InChI is InChI=1S/C23H24F6N6O/c1-14(12-22(24,25)26)34-8-10-35(11-9-34)19-7-6-17-20(33-19)18(13-30-17)32-21(36)31-16-4-2-15(3-5-16)23(27,28)29/h2-7,13-14,30H,8-12H2,1H3,(H2,31,32,36). The molecule has 3 N–H and O–H groups in total. The third-order valence-corrected chi connectivity index (χ3v) is 6.01. The van der Waals surface area contributed by atoms with Crippen LogP contribution in [0.5, 0.6) is 0 Å². The van der Waals surface area contributed by atoms with Crippen molar-refractivity contribution in [1.29, 1.82) is 0 Å².